The Morgan fingerprint density at radius 1 is 1.67 bits per heavy atom. The summed E-state index contributed by atoms with van der Waals surface area (Å²) in [5.41, 5.74) is 0. The van der Waals surface area contributed by atoms with E-state index in [4.69, 9.17) is 4.91 Å². The SMILES string of the molecule is O=NCC(F)F. The zero-order valence-corrected chi connectivity index (χ0v) is 2.90. The summed E-state index contributed by atoms with van der Waals surface area (Å²) in [5, 5.41) is 1.94. The third kappa shape index (κ3) is 3.46. The molecular formula is C2H3F2NO. The number of rotatable bonds is 2. The third-order valence-electron chi connectivity index (χ3n) is 0.213. The van der Waals surface area contributed by atoms with Crippen molar-refractivity contribution in [2.75, 3.05) is 6.54 Å². The van der Waals surface area contributed by atoms with Gasteiger partial charge in [0, 0.05) is 0 Å². The summed E-state index contributed by atoms with van der Waals surface area (Å²) in [6, 6.07) is 0. The molecule has 36 valence electrons. The average Bonchev–Trinajstić information content (AvgIpc) is 1.35. The van der Waals surface area contributed by atoms with Crippen molar-refractivity contribution in [3.63, 3.8) is 0 Å². The van der Waals surface area contributed by atoms with Gasteiger partial charge in [0.15, 0.2) is 0 Å². The van der Waals surface area contributed by atoms with Crippen LogP contribution < -0.4 is 0 Å². The van der Waals surface area contributed by atoms with Crippen LogP contribution in [-0.2, 0) is 0 Å². The van der Waals surface area contributed by atoms with Gasteiger partial charge in [0.1, 0.15) is 6.54 Å². The van der Waals surface area contributed by atoms with Crippen molar-refractivity contribution >= 4 is 0 Å². The maximum atomic E-state index is 10.7. The summed E-state index contributed by atoms with van der Waals surface area (Å²) < 4.78 is 21.5. The molecule has 0 bridgehead atoms. The molecule has 0 aliphatic carbocycles. The van der Waals surface area contributed by atoms with Crippen LogP contribution in [0.1, 0.15) is 0 Å². The van der Waals surface area contributed by atoms with Crippen LogP contribution in [0.15, 0.2) is 5.18 Å². The summed E-state index contributed by atoms with van der Waals surface area (Å²) in [6.45, 7) is -0.889. The second-order valence-corrected chi connectivity index (χ2v) is 0.703. The molecular weight excluding hydrogens is 92.0 g/mol. The predicted octanol–water partition coefficient (Wildman–Crippen LogP) is 1.02. The Hall–Kier alpha value is -0.540. The van der Waals surface area contributed by atoms with Crippen LogP contribution in [0.5, 0.6) is 0 Å². The second kappa shape index (κ2) is 2.68. The summed E-state index contributed by atoms with van der Waals surface area (Å²) in [7, 11) is 0. The van der Waals surface area contributed by atoms with Crippen molar-refractivity contribution in [3.8, 4) is 0 Å². The highest BCUT2D eigenvalue weighted by molar-refractivity contribution is 4.39. The van der Waals surface area contributed by atoms with Gasteiger partial charge in [-0.15, -0.1) is 0 Å². The number of nitrogens with zero attached hydrogens (tertiary/aromatic N) is 1. The monoisotopic (exact) mass is 95.0 g/mol. The lowest BCUT2D eigenvalue weighted by atomic mass is 10.7. The summed E-state index contributed by atoms with van der Waals surface area (Å²) in [4.78, 5) is 8.89. The fourth-order valence-corrected chi connectivity index (χ4v) is 0.0563. The van der Waals surface area contributed by atoms with Gasteiger partial charge in [0.25, 0.3) is 6.43 Å². The third-order valence-corrected chi connectivity index (χ3v) is 0.213. The van der Waals surface area contributed by atoms with Crippen LogP contribution >= 0.6 is 0 Å². The van der Waals surface area contributed by atoms with E-state index in [2.05, 4.69) is 0 Å². The Kier molecular flexibility index (Phi) is 2.44. The lowest BCUT2D eigenvalue weighted by Gasteiger charge is -1.80. The van der Waals surface area contributed by atoms with E-state index in [1.54, 1.807) is 0 Å². The molecule has 0 aromatic heterocycles. The predicted molar refractivity (Wildman–Crippen MR) is 16.7 cm³/mol. The van der Waals surface area contributed by atoms with E-state index in [9.17, 15) is 8.78 Å². The van der Waals surface area contributed by atoms with Crippen molar-refractivity contribution in [1.29, 1.82) is 0 Å². The minimum atomic E-state index is -2.58. The first-order valence-corrected chi connectivity index (χ1v) is 1.34. The van der Waals surface area contributed by atoms with Gasteiger partial charge in [-0.05, 0) is 0 Å². The van der Waals surface area contributed by atoms with E-state index < -0.39 is 13.0 Å². The van der Waals surface area contributed by atoms with Gasteiger partial charge in [-0.3, -0.25) is 0 Å². The molecule has 0 rings (SSSR count). The molecule has 0 fully saturated rings. The van der Waals surface area contributed by atoms with E-state index in [-0.39, 0.29) is 0 Å². The second-order valence-electron chi connectivity index (χ2n) is 0.703. The normalized spacial score (nSPS) is 9.17. The Morgan fingerprint density at radius 2 is 2.17 bits per heavy atom. The minimum absolute atomic E-state index is 0.889. The maximum Gasteiger partial charge on any atom is 0.261 e. The van der Waals surface area contributed by atoms with E-state index in [1.807, 2.05) is 5.18 Å². The van der Waals surface area contributed by atoms with Crippen LogP contribution in [0.2, 0.25) is 0 Å². The smallest absolute Gasteiger partial charge is 0.208 e. The van der Waals surface area contributed by atoms with Gasteiger partial charge >= 0.3 is 0 Å². The Labute approximate surface area is 33.1 Å². The van der Waals surface area contributed by atoms with Crippen molar-refractivity contribution in [3.05, 3.63) is 4.91 Å². The van der Waals surface area contributed by atoms with Crippen LogP contribution in [0.25, 0.3) is 0 Å². The van der Waals surface area contributed by atoms with E-state index in [0.717, 1.165) is 0 Å². The zero-order valence-electron chi connectivity index (χ0n) is 2.90. The van der Waals surface area contributed by atoms with Crippen LogP contribution in [0.3, 0.4) is 0 Å². The van der Waals surface area contributed by atoms with Crippen molar-refractivity contribution in [1.82, 2.24) is 0 Å². The van der Waals surface area contributed by atoms with E-state index in [0.29, 0.717) is 0 Å². The summed E-state index contributed by atoms with van der Waals surface area (Å²) in [5.74, 6) is 0. The number of hydrogen-bond donors (Lipinski definition) is 0. The summed E-state index contributed by atoms with van der Waals surface area (Å²) >= 11 is 0. The molecule has 2 nitrogen and oxygen atoms in total. The topological polar surface area (TPSA) is 29.4 Å². The molecule has 0 N–H and O–H groups in total. The molecule has 0 amide bonds. The number of halogens is 2. The van der Waals surface area contributed by atoms with Crippen LogP contribution in [0.4, 0.5) is 8.78 Å². The highest BCUT2D eigenvalue weighted by Gasteiger charge is 1.97. The molecule has 0 aromatic rings. The molecule has 0 unspecified atom stereocenters. The Balaban J connectivity index is 2.81. The van der Waals surface area contributed by atoms with Gasteiger partial charge in [0.2, 0.25) is 0 Å². The fourth-order valence-electron chi connectivity index (χ4n) is 0.0563. The van der Waals surface area contributed by atoms with E-state index >= 15 is 0 Å². The minimum Gasteiger partial charge on any atom is -0.208 e. The maximum absolute atomic E-state index is 10.7. The van der Waals surface area contributed by atoms with Gasteiger partial charge in [-0.1, -0.05) is 5.18 Å². The molecule has 0 heterocycles. The van der Waals surface area contributed by atoms with E-state index in [1.165, 1.54) is 0 Å². The number of hydrogen-bond acceptors (Lipinski definition) is 2. The molecule has 0 aromatic carbocycles. The Bertz CT molecular complexity index is 46.8. The largest absolute Gasteiger partial charge is 0.261 e. The van der Waals surface area contributed by atoms with Crippen LogP contribution in [-0.4, -0.2) is 13.0 Å². The number of nitroso groups, excluding NO2 is 1. The Morgan fingerprint density at radius 3 is 2.17 bits per heavy atom. The molecule has 0 aliphatic rings. The van der Waals surface area contributed by atoms with Gasteiger partial charge in [0.05, 0.1) is 0 Å². The van der Waals surface area contributed by atoms with Crippen molar-refractivity contribution in [2.24, 2.45) is 5.18 Å². The molecule has 6 heavy (non-hydrogen) atoms. The fraction of sp³-hybridized carbons (Fsp3) is 1.00. The highest BCUT2D eigenvalue weighted by Crippen LogP contribution is 1.89. The first kappa shape index (κ1) is 5.46. The molecule has 0 aliphatic heterocycles. The highest BCUT2D eigenvalue weighted by atomic mass is 19.3. The van der Waals surface area contributed by atoms with Crippen LogP contribution in [0, 0.1) is 4.91 Å². The molecule has 0 saturated carbocycles. The molecule has 0 radical (unpaired) electrons. The lowest BCUT2D eigenvalue weighted by molar-refractivity contribution is 0.158. The first-order chi connectivity index (χ1) is 2.77. The van der Waals surface area contributed by atoms with Crippen molar-refractivity contribution in [2.45, 2.75) is 6.43 Å². The van der Waals surface area contributed by atoms with Crippen molar-refractivity contribution < 1.29 is 8.78 Å². The van der Waals surface area contributed by atoms with Gasteiger partial charge in [-0.2, -0.15) is 4.91 Å². The lowest BCUT2D eigenvalue weighted by Crippen LogP contribution is -1.92. The quantitative estimate of drug-likeness (QED) is 0.471. The number of alkyl halides is 2. The molecule has 4 heteroatoms. The summed E-state index contributed by atoms with van der Waals surface area (Å²) in [6.07, 6.45) is -2.58. The zero-order chi connectivity index (χ0) is 4.99. The standard InChI is InChI=1S/C2H3F2NO/c3-2(4)1-5-6/h2H,1H2. The molecule has 0 spiro atoms. The molecule has 0 saturated heterocycles. The van der Waals surface area contributed by atoms with Gasteiger partial charge < -0.3 is 0 Å². The first-order valence-electron chi connectivity index (χ1n) is 1.34. The van der Waals surface area contributed by atoms with Gasteiger partial charge in [-0.25, -0.2) is 8.78 Å². The molecule has 0 atom stereocenters. The average molecular weight is 95.0 g/mol.